The van der Waals surface area contributed by atoms with Crippen LogP contribution < -0.4 is 10.8 Å². The van der Waals surface area contributed by atoms with E-state index in [0.29, 0.717) is 16.3 Å². The molecule has 0 aliphatic rings. The van der Waals surface area contributed by atoms with E-state index in [0.717, 1.165) is 11.1 Å². The van der Waals surface area contributed by atoms with Crippen LogP contribution in [0.3, 0.4) is 0 Å². The van der Waals surface area contributed by atoms with E-state index in [9.17, 15) is 9.59 Å². The molecule has 0 heterocycles. The van der Waals surface area contributed by atoms with Crippen LogP contribution in [-0.4, -0.2) is 17.0 Å². The number of anilines is 1. The van der Waals surface area contributed by atoms with Gasteiger partial charge < -0.3 is 5.32 Å². The summed E-state index contributed by atoms with van der Waals surface area (Å²) < 4.78 is 0. The summed E-state index contributed by atoms with van der Waals surface area (Å²) in [6.07, 6.45) is 0.235. The Kier molecular flexibility index (Phi) is 6.42. The second kappa shape index (κ2) is 9.17. The Morgan fingerprint density at radius 1 is 0.857 bits per heavy atom. The molecule has 2 amide bonds. The predicted octanol–water partition coefficient (Wildman–Crippen LogP) is 4.16. The summed E-state index contributed by atoms with van der Waals surface area (Å²) in [7, 11) is 0. The van der Waals surface area contributed by atoms with Gasteiger partial charge in [-0.1, -0.05) is 66.2 Å². The van der Waals surface area contributed by atoms with Crippen molar-refractivity contribution in [2.75, 3.05) is 5.32 Å². The third-order valence-corrected chi connectivity index (χ3v) is 4.56. The minimum Gasteiger partial charge on any atom is -0.326 e. The van der Waals surface area contributed by atoms with Gasteiger partial charge in [0.25, 0.3) is 5.91 Å². The third kappa shape index (κ3) is 4.97. The van der Waals surface area contributed by atoms with Crippen LogP contribution in [0.15, 0.2) is 78.9 Å². The number of hydroxylamine groups is 1. The largest absolute Gasteiger partial charge is 0.326 e. The molecule has 142 valence electrons. The normalized spacial score (nSPS) is 11.5. The molecule has 1 atom stereocenters. The Bertz CT molecular complexity index is 942. The van der Waals surface area contributed by atoms with E-state index in [1.54, 1.807) is 41.9 Å². The molecule has 3 rings (SSSR count). The lowest BCUT2D eigenvalue weighted by molar-refractivity contribution is -0.129. The van der Waals surface area contributed by atoms with E-state index in [1.807, 2.05) is 42.5 Å². The molecule has 6 heteroatoms. The molecule has 0 bridgehead atoms. The van der Waals surface area contributed by atoms with Gasteiger partial charge in [-0.2, -0.15) is 0 Å². The topological polar surface area (TPSA) is 78.4 Å². The summed E-state index contributed by atoms with van der Waals surface area (Å²) >= 11 is 5.85. The van der Waals surface area contributed by atoms with Gasteiger partial charge in [0.2, 0.25) is 5.91 Å². The lowest BCUT2D eigenvalue weighted by Crippen LogP contribution is -2.27. The number of rotatable bonds is 6. The molecule has 0 aromatic heterocycles. The number of carbonyl (C=O) groups is 2. The summed E-state index contributed by atoms with van der Waals surface area (Å²) in [5.74, 6) is -1.32. The molecular formula is C22H19ClN2O3. The van der Waals surface area contributed by atoms with E-state index in [2.05, 4.69) is 5.32 Å². The minimum atomic E-state index is -0.648. The number of hydrogen-bond acceptors (Lipinski definition) is 3. The van der Waals surface area contributed by atoms with Crippen LogP contribution in [0.25, 0.3) is 0 Å². The van der Waals surface area contributed by atoms with Crippen molar-refractivity contribution < 1.29 is 14.8 Å². The van der Waals surface area contributed by atoms with Crippen molar-refractivity contribution in [3.05, 3.63) is 101 Å². The van der Waals surface area contributed by atoms with Gasteiger partial charge in [-0.3, -0.25) is 14.8 Å². The molecule has 0 saturated heterocycles. The zero-order valence-electron chi connectivity index (χ0n) is 14.9. The van der Waals surface area contributed by atoms with Crippen LogP contribution in [0, 0.1) is 0 Å². The van der Waals surface area contributed by atoms with Crippen molar-refractivity contribution in [2.45, 2.75) is 12.3 Å². The molecular weight excluding hydrogens is 376 g/mol. The molecule has 0 aliphatic carbocycles. The first-order valence-corrected chi connectivity index (χ1v) is 9.08. The van der Waals surface area contributed by atoms with E-state index < -0.39 is 11.8 Å². The average Bonchev–Trinajstić information content (AvgIpc) is 2.72. The summed E-state index contributed by atoms with van der Waals surface area (Å²) in [6, 6.07) is 23.2. The second-order valence-electron chi connectivity index (χ2n) is 6.29. The fourth-order valence-electron chi connectivity index (χ4n) is 2.96. The van der Waals surface area contributed by atoms with Crippen LogP contribution in [0.2, 0.25) is 5.02 Å². The molecule has 0 spiro atoms. The van der Waals surface area contributed by atoms with Gasteiger partial charge in [-0.15, -0.1) is 0 Å². The van der Waals surface area contributed by atoms with Crippen molar-refractivity contribution in [3.63, 3.8) is 0 Å². The highest BCUT2D eigenvalue weighted by molar-refractivity contribution is 6.30. The maximum Gasteiger partial charge on any atom is 0.255 e. The summed E-state index contributed by atoms with van der Waals surface area (Å²) in [5, 5.41) is 12.6. The number of nitrogens with one attached hydrogen (secondary N) is 2. The monoisotopic (exact) mass is 394 g/mol. The van der Waals surface area contributed by atoms with Gasteiger partial charge in [-0.25, -0.2) is 5.48 Å². The van der Waals surface area contributed by atoms with Gasteiger partial charge in [0.05, 0.1) is 12.3 Å². The molecule has 0 fully saturated rings. The number of carbonyl (C=O) groups excluding carboxylic acids is 2. The fraction of sp³-hybridized carbons (Fsp3) is 0.0909. The molecule has 0 aliphatic heterocycles. The Morgan fingerprint density at radius 2 is 1.46 bits per heavy atom. The number of hydrogen-bond donors (Lipinski definition) is 3. The van der Waals surface area contributed by atoms with Gasteiger partial charge >= 0.3 is 0 Å². The Labute approximate surface area is 167 Å². The lowest BCUT2D eigenvalue weighted by atomic mass is 9.90. The fourth-order valence-corrected chi connectivity index (χ4v) is 3.08. The van der Waals surface area contributed by atoms with Crippen molar-refractivity contribution >= 4 is 29.1 Å². The van der Waals surface area contributed by atoms with Crippen LogP contribution in [0.5, 0.6) is 0 Å². The number of benzene rings is 3. The Balaban J connectivity index is 1.71. The van der Waals surface area contributed by atoms with Crippen molar-refractivity contribution in [1.82, 2.24) is 5.48 Å². The molecule has 0 radical (unpaired) electrons. The molecule has 3 aromatic rings. The Morgan fingerprint density at radius 3 is 2.07 bits per heavy atom. The van der Waals surface area contributed by atoms with Gasteiger partial charge in [0.1, 0.15) is 0 Å². The lowest BCUT2D eigenvalue weighted by Gasteiger charge is -2.16. The van der Waals surface area contributed by atoms with Crippen LogP contribution in [-0.2, 0) is 16.0 Å². The van der Waals surface area contributed by atoms with Crippen molar-refractivity contribution in [1.29, 1.82) is 0 Å². The Hall–Kier alpha value is -3.15. The maximum atomic E-state index is 12.2. The summed E-state index contributed by atoms with van der Waals surface area (Å²) in [4.78, 5) is 24.4. The number of amides is 2. The van der Waals surface area contributed by atoms with E-state index in [1.165, 1.54) is 0 Å². The minimum absolute atomic E-state index is 0.150. The van der Waals surface area contributed by atoms with Crippen LogP contribution in [0.4, 0.5) is 5.69 Å². The predicted molar refractivity (Wildman–Crippen MR) is 108 cm³/mol. The average molecular weight is 395 g/mol. The highest BCUT2D eigenvalue weighted by Gasteiger charge is 2.22. The SMILES string of the molecule is O=C(Cc1ccc(Cl)cc1)Nc1ccc(C(C(=O)NO)c2ccccc2)cc1. The maximum absolute atomic E-state index is 12.2. The van der Waals surface area contributed by atoms with Crippen molar-refractivity contribution in [2.24, 2.45) is 0 Å². The molecule has 5 nitrogen and oxygen atoms in total. The summed E-state index contributed by atoms with van der Waals surface area (Å²) in [6.45, 7) is 0. The van der Waals surface area contributed by atoms with Crippen LogP contribution in [0.1, 0.15) is 22.6 Å². The first-order valence-electron chi connectivity index (χ1n) is 8.70. The highest BCUT2D eigenvalue weighted by atomic mass is 35.5. The van der Waals surface area contributed by atoms with Crippen LogP contribution >= 0.6 is 11.6 Å². The van der Waals surface area contributed by atoms with Gasteiger partial charge in [-0.05, 0) is 41.0 Å². The highest BCUT2D eigenvalue weighted by Crippen LogP contribution is 2.26. The second-order valence-corrected chi connectivity index (χ2v) is 6.73. The van der Waals surface area contributed by atoms with Crippen molar-refractivity contribution in [3.8, 4) is 0 Å². The van der Waals surface area contributed by atoms with Gasteiger partial charge in [0.15, 0.2) is 0 Å². The van der Waals surface area contributed by atoms with Gasteiger partial charge in [0, 0.05) is 10.7 Å². The first-order chi connectivity index (χ1) is 13.6. The standard InChI is InChI=1S/C22H19ClN2O3/c23-18-10-6-15(7-11-18)14-20(26)24-19-12-8-17(9-13-19)21(22(27)25-28)16-4-2-1-3-5-16/h1-13,21,28H,14H2,(H,24,26)(H,25,27). The molecule has 1 unspecified atom stereocenters. The summed E-state index contributed by atoms with van der Waals surface area (Å²) in [5.41, 5.74) is 4.67. The smallest absolute Gasteiger partial charge is 0.255 e. The molecule has 3 aromatic carbocycles. The number of halogens is 1. The van der Waals surface area contributed by atoms with E-state index in [4.69, 9.17) is 16.8 Å². The third-order valence-electron chi connectivity index (χ3n) is 4.31. The zero-order valence-corrected chi connectivity index (χ0v) is 15.7. The molecule has 3 N–H and O–H groups in total. The van der Waals surface area contributed by atoms with E-state index in [-0.39, 0.29) is 12.3 Å². The first kappa shape index (κ1) is 19.6. The quantitative estimate of drug-likeness (QED) is 0.434. The molecule has 0 saturated carbocycles. The van der Waals surface area contributed by atoms with E-state index >= 15 is 0 Å². The zero-order chi connectivity index (χ0) is 19.9. The molecule has 28 heavy (non-hydrogen) atoms.